The highest BCUT2D eigenvalue weighted by atomic mass is 15.1. The highest BCUT2D eigenvalue weighted by Gasteiger charge is 2.10. The zero-order valence-electron chi connectivity index (χ0n) is 11.7. The van der Waals surface area contributed by atoms with Gasteiger partial charge < -0.3 is 6.15 Å². The summed E-state index contributed by atoms with van der Waals surface area (Å²) >= 11 is 0. The summed E-state index contributed by atoms with van der Waals surface area (Å²) in [5.41, 5.74) is 5.78. The quantitative estimate of drug-likeness (QED) is 0.555. The number of pyridine rings is 2. The molecule has 4 rings (SSSR count). The second kappa shape index (κ2) is 4.96. The molecule has 0 spiro atoms. The molecule has 4 aromatic rings. The van der Waals surface area contributed by atoms with Gasteiger partial charge in [-0.05, 0) is 36.8 Å². The van der Waals surface area contributed by atoms with Crippen molar-refractivity contribution in [3.05, 3.63) is 54.2 Å². The molecule has 0 aliphatic carbocycles. The third-order valence-corrected chi connectivity index (χ3v) is 3.50. The van der Waals surface area contributed by atoms with Gasteiger partial charge in [-0.3, -0.25) is 10.1 Å². The van der Waals surface area contributed by atoms with Gasteiger partial charge in [-0.25, -0.2) is 4.98 Å². The topological polar surface area (TPSA) is 89.5 Å². The van der Waals surface area contributed by atoms with Crippen LogP contribution in [0.4, 0.5) is 0 Å². The van der Waals surface area contributed by atoms with Crippen LogP contribution in [0, 0.1) is 6.92 Å². The predicted molar refractivity (Wildman–Crippen MR) is 84.4 cm³/mol. The first-order chi connectivity index (χ1) is 9.83. The van der Waals surface area contributed by atoms with Gasteiger partial charge in [0.2, 0.25) is 0 Å². The van der Waals surface area contributed by atoms with Crippen molar-refractivity contribution >= 4 is 21.9 Å². The molecule has 0 bridgehead atoms. The molecule has 3 aromatic heterocycles. The largest absolute Gasteiger partial charge is 0.344 e. The van der Waals surface area contributed by atoms with Gasteiger partial charge in [-0.2, -0.15) is 5.10 Å². The Bertz CT molecular complexity index is 926. The van der Waals surface area contributed by atoms with Crippen LogP contribution in [-0.2, 0) is 0 Å². The van der Waals surface area contributed by atoms with Gasteiger partial charge in [0.15, 0.2) is 0 Å². The number of para-hydroxylation sites is 1. The van der Waals surface area contributed by atoms with Crippen LogP contribution in [0.15, 0.2) is 48.7 Å². The lowest BCUT2D eigenvalue weighted by atomic mass is 10.1. The molecule has 0 unspecified atom stereocenters. The molecular weight excluding hydrogens is 262 g/mol. The van der Waals surface area contributed by atoms with Crippen LogP contribution in [0.5, 0.6) is 0 Å². The Morgan fingerprint density at radius 1 is 0.952 bits per heavy atom. The monoisotopic (exact) mass is 277 g/mol. The summed E-state index contributed by atoms with van der Waals surface area (Å²) in [5, 5.41) is 8.59. The van der Waals surface area contributed by atoms with E-state index in [0.717, 1.165) is 38.9 Å². The molecule has 0 aliphatic heterocycles. The van der Waals surface area contributed by atoms with Crippen molar-refractivity contribution in [3.63, 3.8) is 0 Å². The Morgan fingerprint density at radius 3 is 2.76 bits per heavy atom. The number of H-pyrrole nitrogens is 1. The molecule has 5 heteroatoms. The van der Waals surface area contributed by atoms with Crippen LogP contribution >= 0.6 is 0 Å². The number of nitrogens with zero attached hydrogens (tertiary/aromatic N) is 3. The van der Waals surface area contributed by atoms with E-state index in [-0.39, 0.29) is 6.15 Å². The van der Waals surface area contributed by atoms with Crippen LogP contribution in [-0.4, -0.2) is 20.2 Å². The van der Waals surface area contributed by atoms with E-state index in [1.165, 1.54) is 0 Å². The van der Waals surface area contributed by atoms with Crippen molar-refractivity contribution in [2.24, 2.45) is 0 Å². The Hall–Kier alpha value is -2.79. The number of nitrogens with one attached hydrogen (secondary N) is 1. The molecule has 3 heterocycles. The van der Waals surface area contributed by atoms with Crippen molar-refractivity contribution in [3.8, 4) is 11.4 Å². The number of rotatable bonds is 1. The minimum atomic E-state index is 0. The van der Waals surface area contributed by atoms with Crippen molar-refractivity contribution in [2.75, 3.05) is 0 Å². The first-order valence-electron chi connectivity index (χ1n) is 6.49. The highest BCUT2D eigenvalue weighted by molar-refractivity contribution is 5.94. The van der Waals surface area contributed by atoms with Crippen molar-refractivity contribution in [1.29, 1.82) is 0 Å². The first kappa shape index (κ1) is 13.2. The fourth-order valence-corrected chi connectivity index (χ4v) is 2.47. The van der Waals surface area contributed by atoms with Crippen molar-refractivity contribution in [1.82, 2.24) is 26.3 Å². The second-order valence-electron chi connectivity index (χ2n) is 4.81. The molecule has 0 saturated carbocycles. The third kappa shape index (κ3) is 2.04. The number of fused-ring (bicyclic) bond motifs is 2. The molecule has 104 valence electrons. The molecule has 0 radical (unpaired) electrons. The Kier molecular flexibility index (Phi) is 3.12. The van der Waals surface area contributed by atoms with E-state index < -0.39 is 0 Å². The average Bonchev–Trinajstić information content (AvgIpc) is 2.92. The van der Waals surface area contributed by atoms with E-state index in [1.54, 1.807) is 6.20 Å². The molecule has 1 aromatic carbocycles. The molecule has 0 saturated heterocycles. The van der Waals surface area contributed by atoms with E-state index in [2.05, 4.69) is 39.2 Å². The maximum absolute atomic E-state index is 4.66. The fraction of sp³-hybridized carbons (Fsp3) is 0.0625. The fourth-order valence-electron chi connectivity index (χ4n) is 2.47. The van der Waals surface area contributed by atoms with Gasteiger partial charge in [0, 0.05) is 11.6 Å². The standard InChI is InChI=1S/C16H12N4.H3N/c1-10-4-2-5-11-15(10)19-20-16(11)14-8-7-12-13(18-14)6-3-9-17-12;/h2-9H,1H3,(H,19,20);1H3. The molecule has 0 fully saturated rings. The van der Waals surface area contributed by atoms with Crippen molar-refractivity contribution in [2.45, 2.75) is 6.92 Å². The third-order valence-electron chi connectivity index (χ3n) is 3.50. The van der Waals surface area contributed by atoms with Gasteiger partial charge in [-0.1, -0.05) is 18.2 Å². The van der Waals surface area contributed by atoms with Gasteiger partial charge in [0.1, 0.15) is 0 Å². The molecular formula is C16H15N5. The van der Waals surface area contributed by atoms with Crippen LogP contribution in [0.2, 0.25) is 0 Å². The summed E-state index contributed by atoms with van der Waals surface area (Å²) < 4.78 is 0. The first-order valence-corrected chi connectivity index (χ1v) is 6.49. The van der Waals surface area contributed by atoms with Crippen LogP contribution in [0.25, 0.3) is 33.3 Å². The highest BCUT2D eigenvalue weighted by Crippen LogP contribution is 2.27. The molecule has 0 amide bonds. The molecule has 4 N–H and O–H groups in total. The Balaban J connectivity index is 0.00000132. The van der Waals surface area contributed by atoms with Crippen LogP contribution in [0.1, 0.15) is 5.56 Å². The summed E-state index contributed by atoms with van der Waals surface area (Å²) in [7, 11) is 0. The lowest BCUT2D eigenvalue weighted by Crippen LogP contribution is -1.87. The van der Waals surface area contributed by atoms with E-state index in [1.807, 2.05) is 30.3 Å². The summed E-state index contributed by atoms with van der Waals surface area (Å²) in [4.78, 5) is 8.96. The normalized spacial score (nSPS) is 10.7. The number of benzene rings is 1. The number of hydrogen-bond acceptors (Lipinski definition) is 4. The zero-order chi connectivity index (χ0) is 13.5. The number of aromatic amines is 1. The van der Waals surface area contributed by atoms with E-state index in [9.17, 15) is 0 Å². The van der Waals surface area contributed by atoms with Crippen molar-refractivity contribution < 1.29 is 0 Å². The minimum Gasteiger partial charge on any atom is -0.344 e. The zero-order valence-corrected chi connectivity index (χ0v) is 11.7. The number of hydrogen-bond donors (Lipinski definition) is 2. The van der Waals surface area contributed by atoms with Gasteiger partial charge >= 0.3 is 0 Å². The minimum absolute atomic E-state index is 0. The molecule has 21 heavy (non-hydrogen) atoms. The predicted octanol–water partition coefficient (Wildman–Crippen LogP) is 3.64. The maximum atomic E-state index is 4.66. The number of aryl methyl sites for hydroxylation is 1. The van der Waals surface area contributed by atoms with Crippen LogP contribution < -0.4 is 6.15 Å². The molecule has 0 aliphatic rings. The maximum Gasteiger partial charge on any atom is 0.0957 e. The summed E-state index contributed by atoms with van der Waals surface area (Å²) in [6.45, 7) is 2.06. The lowest BCUT2D eigenvalue weighted by Gasteiger charge is -2.01. The summed E-state index contributed by atoms with van der Waals surface area (Å²) in [6, 6.07) is 14.0. The average molecular weight is 277 g/mol. The van der Waals surface area contributed by atoms with Crippen LogP contribution in [0.3, 0.4) is 0 Å². The molecule has 5 nitrogen and oxygen atoms in total. The van der Waals surface area contributed by atoms with E-state index >= 15 is 0 Å². The SMILES string of the molecule is Cc1cccc2c(-c3ccc4ncccc4n3)[nH]nc12.N. The van der Waals surface area contributed by atoms with Gasteiger partial charge in [0.25, 0.3) is 0 Å². The van der Waals surface area contributed by atoms with E-state index in [4.69, 9.17) is 0 Å². The summed E-state index contributed by atoms with van der Waals surface area (Å²) in [6.07, 6.45) is 1.78. The Labute approximate surface area is 121 Å². The van der Waals surface area contributed by atoms with Gasteiger partial charge in [0.05, 0.1) is 27.9 Å². The van der Waals surface area contributed by atoms with Gasteiger partial charge in [-0.15, -0.1) is 0 Å². The second-order valence-corrected chi connectivity index (χ2v) is 4.81. The number of aromatic nitrogens is 4. The van der Waals surface area contributed by atoms with E-state index in [0.29, 0.717) is 0 Å². The Morgan fingerprint density at radius 2 is 1.86 bits per heavy atom. The molecule has 0 atom stereocenters. The lowest BCUT2D eigenvalue weighted by molar-refractivity contribution is 1.11. The summed E-state index contributed by atoms with van der Waals surface area (Å²) in [5.74, 6) is 0. The smallest absolute Gasteiger partial charge is 0.0957 e.